The third kappa shape index (κ3) is 3.37. The molecule has 0 saturated heterocycles. The van der Waals surface area contributed by atoms with Crippen LogP contribution < -0.4 is 4.90 Å². The molecule has 1 aliphatic heterocycles. The number of carboxylic acid groups (broad SMARTS) is 1. The molecule has 7 heteroatoms. The van der Waals surface area contributed by atoms with Gasteiger partial charge in [-0.2, -0.15) is 0 Å². The molecule has 0 saturated carbocycles. The van der Waals surface area contributed by atoms with E-state index in [-0.39, 0.29) is 11.4 Å². The van der Waals surface area contributed by atoms with Crippen LogP contribution in [0.2, 0.25) is 0 Å². The maximum atomic E-state index is 14.1. The van der Waals surface area contributed by atoms with Gasteiger partial charge in [0.15, 0.2) is 0 Å². The van der Waals surface area contributed by atoms with Gasteiger partial charge < -0.3 is 10.0 Å². The normalized spacial score (nSPS) is 15.5. The molecule has 0 atom stereocenters. The van der Waals surface area contributed by atoms with Gasteiger partial charge in [0.1, 0.15) is 5.82 Å². The zero-order valence-electron chi connectivity index (χ0n) is 12.2. The molecule has 4 nitrogen and oxygen atoms in total. The number of hydrogen-bond acceptors (Lipinski definition) is 3. The molecule has 0 aromatic heterocycles. The number of amides is 1. The van der Waals surface area contributed by atoms with Gasteiger partial charge in [-0.15, -0.1) is 0 Å². The number of halogens is 2. The van der Waals surface area contributed by atoms with Crippen molar-refractivity contribution < 1.29 is 19.1 Å². The topological polar surface area (TPSA) is 57.6 Å². The average Bonchev–Trinajstić information content (AvgIpc) is 2.53. The molecule has 0 radical (unpaired) electrons. The molecule has 0 unspecified atom stereocenters. The molecule has 0 fully saturated rings. The Morgan fingerprint density at radius 1 is 1.29 bits per heavy atom. The van der Waals surface area contributed by atoms with E-state index in [1.165, 1.54) is 11.0 Å². The maximum Gasteiger partial charge on any atom is 0.329 e. The molecule has 1 heterocycles. The summed E-state index contributed by atoms with van der Waals surface area (Å²) in [6, 6.07) is 11.8. The molecule has 24 heavy (non-hydrogen) atoms. The average molecular weight is 408 g/mol. The second-order valence-electron chi connectivity index (χ2n) is 5.04. The fraction of sp³-hybridized carbons (Fsp3) is 0.0588. The number of hydrogen-bond donors (Lipinski definition) is 1. The molecule has 1 amide bonds. The van der Waals surface area contributed by atoms with Gasteiger partial charge in [0, 0.05) is 21.0 Å². The lowest BCUT2D eigenvalue weighted by Crippen LogP contribution is -2.34. The number of benzene rings is 2. The van der Waals surface area contributed by atoms with E-state index in [2.05, 4.69) is 15.9 Å². The number of thioether (sulfide) groups is 1. The number of rotatable bonds is 3. The largest absolute Gasteiger partial charge is 0.478 e. The number of aliphatic carboxylic acids is 1. The quantitative estimate of drug-likeness (QED) is 0.774. The van der Waals surface area contributed by atoms with Crippen molar-refractivity contribution in [1.29, 1.82) is 0 Å². The molecule has 1 aliphatic rings. The minimum absolute atomic E-state index is 0.0203. The Morgan fingerprint density at radius 3 is 2.75 bits per heavy atom. The van der Waals surface area contributed by atoms with Gasteiger partial charge in [-0.25, -0.2) is 9.18 Å². The van der Waals surface area contributed by atoms with Gasteiger partial charge in [-0.3, -0.25) is 4.79 Å². The highest BCUT2D eigenvalue weighted by Crippen LogP contribution is 2.42. The van der Waals surface area contributed by atoms with Crippen LogP contribution in [0, 0.1) is 5.82 Å². The lowest BCUT2D eigenvalue weighted by molar-refractivity contribution is -0.131. The van der Waals surface area contributed by atoms with E-state index in [1.807, 2.05) is 0 Å². The summed E-state index contributed by atoms with van der Waals surface area (Å²) in [6.07, 6.45) is 0.883. The Hall–Kier alpha value is -2.12. The predicted molar refractivity (Wildman–Crippen MR) is 93.3 cm³/mol. The molecule has 1 N–H and O–H groups in total. The summed E-state index contributed by atoms with van der Waals surface area (Å²) in [5.41, 5.74) is 0.986. The van der Waals surface area contributed by atoms with Gasteiger partial charge in [0.2, 0.25) is 0 Å². The standard InChI is InChI=1S/C17H11BrFNO3S/c18-11-6-5-10(12(19)7-11)9-20-13-3-1-2-4-14(13)24-15(17(20)23)8-16(21)22/h1-8H,9H2,(H,21,22)/b15-8-. The predicted octanol–water partition coefficient (Wildman–Crippen LogP) is 4.20. The van der Waals surface area contributed by atoms with Crippen molar-refractivity contribution in [2.45, 2.75) is 11.4 Å². The lowest BCUT2D eigenvalue weighted by atomic mass is 10.1. The Morgan fingerprint density at radius 2 is 2.04 bits per heavy atom. The van der Waals surface area contributed by atoms with Crippen molar-refractivity contribution in [1.82, 2.24) is 0 Å². The highest BCUT2D eigenvalue weighted by atomic mass is 79.9. The van der Waals surface area contributed by atoms with Crippen LogP contribution in [-0.2, 0) is 16.1 Å². The minimum Gasteiger partial charge on any atom is -0.478 e. The zero-order valence-corrected chi connectivity index (χ0v) is 14.6. The SMILES string of the molecule is O=C(O)/C=C1\Sc2ccccc2N(Cc2ccc(Br)cc2F)C1=O. The van der Waals surface area contributed by atoms with Crippen LogP contribution in [0.4, 0.5) is 10.1 Å². The summed E-state index contributed by atoms with van der Waals surface area (Å²) in [5.74, 6) is -2.08. The van der Waals surface area contributed by atoms with Gasteiger partial charge >= 0.3 is 5.97 Å². The monoisotopic (exact) mass is 407 g/mol. The first-order chi connectivity index (χ1) is 11.5. The van der Waals surface area contributed by atoms with Crippen molar-refractivity contribution >= 4 is 45.3 Å². The number of anilines is 1. The first-order valence-corrected chi connectivity index (χ1v) is 8.54. The Labute approximate surface area is 150 Å². The summed E-state index contributed by atoms with van der Waals surface area (Å²) in [6.45, 7) is 0.0203. The van der Waals surface area contributed by atoms with Crippen molar-refractivity contribution in [2.75, 3.05) is 4.90 Å². The number of carbonyl (C=O) groups is 2. The van der Waals surface area contributed by atoms with Crippen molar-refractivity contribution in [2.24, 2.45) is 0 Å². The number of carbonyl (C=O) groups excluding carboxylic acids is 1. The van der Waals surface area contributed by atoms with Crippen molar-refractivity contribution in [3.8, 4) is 0 Å². The van der Waals surface area contributed by atoms with Crippen LogP contribution in [-0.4, -0.2) is 17.0 Å². The molecule has 2 aromatic carbocycles. The molecular formula is C17H11BrFNO3S. The second-order valence-corrected chi connectivity index (χ2v) is 7.04. The molecule has 3 rings (SSSR count). The van der Waals surface area contributed by atoms with Crippen molar-refractivity contribution in [3.63, 3.8) is 0 Å². The van der Waals surface area contributed by atoms with E-state index in [0.717, 1.165) is 22.7 Å². The molecule has 0 aliphatic carbocycles. The van der Waals surface area contributed by atoms with Crippen LogP contribution in [0.3, 0.4) is 0 Å². The third-order valence-electron chi connectivity index (χ3n) is 3.43. The van der Waals surface area contributed by atoms with Gasteiger partial charge in [-0.05, 0) is 24.3 Å². The Bertz CT molecular complexity index is 869. The summed E-state index contributed by atoms with van der Waals surface area (Å²) in [5, 5.41) is 8.96. The fourth-order valence-electron chi connectivity index (χ4n) is 2.35. The smallest absolute Gasteiger partial charge is 0.329 e. The van der Waals surface area contributed by atoms with Gasteiger partial charge in [0.05, 0.1) is 17.1 Å². The van der Waals surface area contributed by atoms with Crippen LogP contribution in [0.5, 0.6) is 0 Å². The highest BCUT2D eigenvalue weighted by Gasteiger charge is 2.30. The van der Waals surface area contributed by atoms with Crippen LogP contribution in [0.25, 0.3) is 0 Å². The lowest BCUT2D eigenvalue weighted by Gasteiger charge is -2.30. The number of fused-ring (bicyclic) bond motifs is 1. The molecular weight excluding hydrogens is 397 g/mol. The van der Waals surface area contributed by atoms with Crippen LogP contribution >= 0.6 is 27.7 Å². The van der Waals surface area contributed by atoms with Gasteiger partial charge in [0.25, 0.3) is 5.91 Å². The number of carboxylic acids is 1. The first kappa shape index (κ1) is 16.7. The van der Waals surface area contributed by atoms with E-state index >= 15 is 0 Å². The Kier molecular flexibility index (Phi) is 4.73. The first-order valence-electron chi connectivity index (χ1n) is 6.93. The second kappa shape index (κ2) is 6.78. The maximum absolute atomic E-state index is 14.1. The summed E-state index contributed by atoms with van der Waals surface area (Å²) < 4.78 is 14.7. The van der Waals surface area contributed by atoms with E-state index < -0.39 is 17.7 Å². The number of nitrogens with zero attached hydrogens (tertiary/aromatic N) is 1. The van der Waals surface area contributed by atoms with E-state index in [9.17, 15) is 14.0 Å². The molecule has 122 valence electrons. The van der Waals surface area contributed by atoms with Crippen LogP contribution in [0.1, 0.15) is 5.56 Å². The third-order valence-corrected chi connectivity index (χ3v) is 5.00. The van der Waals surface area contributed by atoms with Crippen LogP contribution in [0.15, 0.2) is 62.8 Å². The summed E-state index contributed by atoms with van der Waals surface area (Å²) in [4.78, 5) is 25.8. The highest BCUT2D eigenvalue weighted by molar-refractivity contribution is 9.10. The molecule has 0 spiro atoms. The van der Waals surface area contributed by atoms with Gasteiger partial charge in [-0.1, -0.05) is 45.9 Å². The summed E-state index contributed by atoms with van der Waals surface area (Å²) >= 11 is 4.30. The summed E-state index contributed by atoms with van der Waals surface area (Å²) in [7, 11) is 0. The van der Waals surface area contributed by atoms with E-state index in [4.69, 9.17) is 5.11 Å². The Balaban J connectivity index is 2.04. The van der Waals surface area contributed by atoms with E-state index in [1.54, 1.807) is 36.4 Å². The zero-order chi connectivity index (χ0) is 17.3. The van der Waals surface area contributed by atoms with E-state index in [0.29, 0.717) is 15.7 Å². The van der Waals surface area contributed by atoms with Crippen molar-refractivity contribution in [3.05, 3.63) is 69.3 Å². The molecule has 0 bridgehead atoms. The minimum atomic E-state index is -1.19. The fourth-order valence-corrected chi connectivity index (χ4v) is 3.71. The molecule has 2 aromatic rings. The number of para-hydroxylation sites is 1.